The minimum absolute atomic E-state index is 0.383. The van der Waals surface area contributed by atoms with Crippen molar-refractivity contribution in [2.75, 3.05) is 5.32 Å². The van der Waals surface area contributed by atoms with Crippen LogP contribution in [0.25, 0.3) is 9.88 Å². The van der Waals surface area contributed by atoms with Gasteiger partial charge in [0.15, 0.2) is 5.01 Å². The van der Waals surface area contributed by atoms with E-state index in [0.717, 1.165) is 20.7 Å². The topological polar surface area (TPSA) is 50.7 Å². The molecule has 0 saturated carbocycles. The van der Waals surface area contributed by atoms with Crippen molar-refractivity contribution < 1.29 is 0 Å². The molecule has 6 heteroatoms. The van der Waals surface area contributed by atoms with Gasteiger partial charge in [-0.3, -0.25) is 0 Å². The Kier molecular flexibility index (Phi) is 2.97. The number of hydrogen-bond acceptors (Lipinski definition) is 6. The predicted molar refractivity (Wildman–Crippen MR) is 64.5 cm³/mol. The first-order valence-electron chi connectivity index (χ1n) is 4.67. The van der Waals surface area contributed by atoms with E-state index in [1.807, 2.05) is 12.4 Å². The summed E-state index contributed by atoms with van der Waals surface area (Å²) >= 11 is 3.17. The normalized spacial score (nSPS) is 10.9. The molecule has 4 nitrogen and oxygen atoms in total. The number of anilines is 1. The second-order valence-electron chi connectivity index (χ2n) is 3.48. The third-order valence-electron chi connectivity index (χ3n) is 1.78. The zero-order valence-electron chi connectivity index (χ0n) is 8.81. The van der Waals surface area contributed by atoms with Gasteiger partial charge in [-0.05, 0) is 20.8 Å². The number of thiazole rings is 1. The van der Waals surface area contributed by atoms with E-state index in [2.05, 4.69) is 34.3 Å². The highest BCUT2D eigenvalue weighted by atomic mass is 32.1. The maximum absolute atomic E-state index is 4.20. The lowest BCUT2D eigenvalue weighted by Gasteiger charge is -2.02. The van der Waals surface area contributed by atoms with Crippen molar-refractivity contribution in [3.8, 4) is 9.88 Å². The number of aromatic nitrogens is 3. The summed E-state index contributed by atoms with van der Waals surface area (Å²) in [5.74, 6) is 0. The van der Waals surface area contributed by atoms with Crippen molar-refractivity contribution in [3.05, 3.63) is 11.2 Å². The van der Waals surface area contributed by atoms with Crippen LogP contribution in [0.2, 0.25) is 0 Å². The van der Waals surface area contributed by atoms with E-state index in [1.54, 1.807) is 22.7 Å². The Hall–Kier alpha value is -1.01. The van der Waals surface area contributed by atoms with Gasteiger partial charge < -0.3 is 5.32 Å². The van der Waals surface area contributed by atoms with Crippen LogP contribution in [0.3, 0.4) is 0 Å². The SMILES string of the molecule is Cc1ncsc1-c1nnc(NC(C)C)s1. The maximum atomic E-state index is 4.20. The molecule has 0 saturated heterocycles. The van der Waals surface area contributed by atoms with Crippen molar-refractivity contribution in [2.45, 2.75) is 26.8 Å². The molecule has 0 spiro atoms. The van der Waals surface area contributed by atoms with Gasteiger partial charge in [0.1, 0.15) is 0 Å². The maximum Gasteiger partial charge on any atom is 0.206 e. The smallest absolute Gasteiger partial charge is 0.206 e. The van der Waals surface area contributed by atoms with Gasteiger partial charge in [0.05, 0.1) is 16.1 Å². The molecule has 0 bridgehead atoms. The molecule has 0 aliphatic heterocycles. The third-order valence-corrected chi connectivity index (χ3v) is 3.71. The van der Waals surface area contributed by atoms with Gasteiger partial charge in [-0.25, -0.2) is 4.98 Å². The molecule has 0 fully saturated rings. The molecule has 1 N–H and O–H groups in total. The van der Waals surface area contributed by atoms with Crippen molar-refractivity contribution in [1.82, 2.24) is 15.2 Å². The summed E-state index contributed by atoms with van der Waals surface area (Å²) in [6.45, 7) is 6.15. The van der Waals surface area contributed by atoms with Crippen LogP contribution in [0.5, 0.6) is 0 Å². The summed E-state index contributed by atoms with van der Waals surface area (Å²) < 4.78 is 0. The molecule has 0 amide bonds. The van der Waals surface area contributed by atoms with Gasteiger partial charge in [0.2, 0.25) is 5.13 Å². The minimum atomic E-state index is 0.383. The fourth-order valence-corrected chi connectivity index (χ4v) is 2.96. The fourth-order valence-electron chi connectivity index (χ4n) is 1.13. The Balaban J connectivity index is 2.24. The monoisotopic (exact) mass is 240 g/mol. The Bertz CT molecular complexity index is 446. The van der Waals surface area contributed by atoms with E-state index >= 15 is 0 Å². The molecule has 2 aromatic rings. The number of nitrogens with zero attached hydrogens (tertiary/aromatic N) is 3. The Labute approximate surface area is 96.4 Å². The standard InChI is InChI=1S/C9H12N4S2/c1-5(2)11-9-13-12-8(15-9)7-6(3)10-4-14-7/h4-5H,1-3H3,(H,11,13). The van der Waals surface area contributed by atoms with Gasteiger partial charge in [-0.15, -0.1) is 21.5 Å². The van der Waals surface area contributed by atoms with Gasteiger partial charge in [0.25, 0.3) is 0 Å². The molecule has 0 atom stereocenters. The molecular weight excluding hydrogens is 228 g/mol. The number of aryl methyl sites for hydroxylation is 1. The zero-order valence-corrected chi connectivity index (χ0v) is 10.4. The van der Waals surface area contributed by atoms with E-state index < -0.39 is 0 Å². The van der Waals surface area contributed by atoms with Crippen LogP contribution in [0, 0.1) is 6.92 Å². The molecular formula is C9H12N4S2. The molecule has 0 unspecified atom stereocenters. The van der Waals surface area contributed by atoms with Crippen molar-refractivity contribution in [3.63, 3.8) is 0 Å². The molecule has 0 radical (unpaired) electrons. The lowest BCUT2D eigenvalue weighted by molar-refractivity contribution is 0.888. The van der Waals surface area contributed by atoms with E-state index in [0.29, 0.717) is 6.04 Å². The Morgan fingerprint density at radius 1 is 1.33 bits per heavy atom. The lowest BCUT2D eigenvalue weighted by atomic mass is 10.4. The van der Waals surface area contributed by atoms with Gasteiger partial charge in [-0.2, -0.15) is 0 Å². The highest BCUT2D eigenvalue weighted by molar-refractivity contribution is 7.22. The summed E-state index contributed by atoms with van der Waals surface area (Å²) in [6.07, 6.45) is 0. The molecule has 15 heavy (non-hydrogen) atoms. The quantitative estimate of drug-likeness (QED) is 0.896. The molecule has 80 valence electrons. The minimum Gasteiger partial charge on any atom is -0.358 e. The van der Waals surface area contributed by atoms with E-state index in [4.69, 9.17) is 0 Å². The average molecular weight is 240 g/mol. The van der Waals surface area contributed by atoms with Crippen LogP contribution in [0.15, 0.2) is 5.51 Å². The van der Waals surface area contributed by atoms with Crippen LogP contribution >= 0.6 is 22.7 Å². The van der Waals surface area contributed by atoms with Gasteiger partial charge in [-0.1, -0.05) is 11.3 Å². The first kappa shape index (κ1) is 10.5. The van der Waals surface area contributed by atoms with Gasteiger partial charge in [0, 0.05) is 6.04 Å². The third kappa shape index (κ3) is 2.32. The van der Waals surface area contributed by atoms with Crippen molar-refractivity contribution >= 4 is 27.8 Å². The Morgan fingerprint density at radius 2 is 2.13 bits per heavy atom. The highest BCUT2D eigenvalue weighted by Crippen LogP contribution is 2.31. The lowest BCUT2D eigenvalue weighted by Crippen LogP contribution is -2.08. The first-order chi connectivity index (χ1) is 7.16. The van der Waals surface area contributed by atoms with E-state index in [1.165, 1.54) is 0 Å². The summed E-state index contributed by atoms with van der Waals surface area (Å²) in [4.78, 5) is 5.32. The second-order valence-corrected chi connectivity index (χ2v) is 5.31. The van der Waals surface area contributed by atoms with Crippen LogP contribution in [-0.2, 0) is 0 Å². The number of rotatable bonds is 3. The zero-order chi connectivity index (χ0) is 10.8. The van der Waals surface area contributed by atoms with Crippen molar-refractivity contribution in [1.29, 1.82) is 0 Å². The largest absolute Gasteiger partial charge is 0.358 e. The van der Waals surface area contributed by atoms with Crippen LogP contribution < -0.4 is 5.32 Å². The first-order valence-corrected chi connectivity index (χ1v) is 6.37. The fraction of sp³-hybridized carbons (Fsp3) is 0.444. The molecule has 0 aromatic carbocycles. The molecule has 2 aromatic heterocycles. The molecule has 2 rings (SSSR count). The van der Waals surface area contributed by atoms with Gasteiger partial charge >= 0.3 is 0 Å². The molecule has 0 aliphatic rings. The predicted octanol–water partition coefficient (Wildman–Crippen LogP) is 2.79. The average Bonchev–Trinajstić information content (AvgIpc) is 2.72. The van der Waals surface area contributed by atoms with E-state index in [9.17, 15) is 0 Å². The summed E-state index contributed by atoms with van der Waals surface area (Å²) in [5, 5.41) is 13.3. The summed E-state index contributed by atoms with van der Waals surface area (Å²) in [6, 6.07) is 0.383. The summed E-state index contributed by atoms with van der Waals surface area (Å²) in [5.41, 5.74) is 2.86. The number of nitrogens with one attached hydrogen (secondary N) is 1. The second kappa shape index (κ2) is 4.24. The highest BCUT2D eigenvalue weighted by Gasteiger charge is 2.11. The van der Waals surface area contributed by atoms with Crippen molar-refractivity contribution in [2.24, 2.45) is 0 Å². The van der Waals surface area contributed by atoms with Crippen LogP contribution in [0.1, 0.15) is 19.5 Å². The van der Waals surface area contributed by atoms with Crippen LogP contribution in [-0.4, -0.2) is 21.2 Å². The number of hydrogen-bond donors (Lipinski definition) is 1. The van der Waals surface area contributed by atoms with Crippen LogP contribution in [0.4, 0.5) is 5.13 Å². The van der Waals surface area contributed by atoms with E-state index in [-0.39, 0.29) is 0 Å². The summed E-state index contributed by atoms with van der Waals surface area (Å²) in [7, 11) is 0. The molecule has 0 aliphatic carbocycles. The Morgan fingerprint density at radius 3 is 2.73 bits per heavy atom. The molecule has 2 heterocycles.